The van der Waals surface area contributed by atoms with Gasteiger partial charge in [0.15, 0.2) is 0 Å². The fourth-order valence-corrected chi connectivity index (χ4v) is 3.72. The van der Waals surface area contributed by atoms with Crippen LogP contribution in [0.3, 0.4) is 0 Å². The van der Waals surface area contributed by atoms with Gasteiger partial charge < -0.3 is 0 Å². The number of ether oxygens (including phenoxy) is 2. The summed E-state index contributed by atoms with van der Waals surface area (Å²) in [5.74, 6) is 4.79. The van der Waals surface area contributed by atoms with E-state index in [1.807, 2.05) is 30.3 Å². The summed E-state index contributed by atoms with van der Waals surface area (Å²) in [6.45, 7) is 6.01. The molecule has 0 aliphatic rings. The monoisotopic (exact) mass is 408 g/mol. The SMILES string of the molecule is CCCCC#C/C(C(=O)OCC)=C(\[Se]c1ccccc1)C(=O)OCC. The number of hydrogen-bond donors (Lipinski definition) is 0. The topological polar surface area (TPSA) is 52.6 Å². The summed E-state index contributed by atoms with van der Waals surface area (Å²) >= 11 is -0.394. The minimum absolute atomic E-state index is 0.125. The van der Waals surface area contributed by atoms with Crippen LogP contribution in [0.15, 0.2) is 40.4 Å². The van der Waals surface area contributed by atoms with Crippen molar-refractivity contribution in [3.63, 3.8) is 0 Å². The number of benzene rings is 1. The molecule has 0 heterocycles. The van der Waals surface area contributed by atoms with Gasteiger partial charge in [0.25, 0.3) is 0 Å². The molecule has 4 nitrogen and oxygen atoms in total. The third kappa shape index (κ3) is 7.60. The number of unbranched alkanes of at least 4 members (excludes halogenated alkanes) is 2. The van der Waals surface area contributed by atoms with Gasteiger partial charge in [-0.25, -0.2) is 0 Å². The van der Waals surface area contributed by atoms with E-state index in [1.54, 1.807) is 13.8 Å². The Morgan fingerprint density at radius 2 is 1.64 bits per heavy atom. The quantitative estimate of drug-likeness (QED) is 0.219. The molecule has 0 spiro atoms. The average Bonchev–Trinajstić information content (AvgIpc) is 2.61. The first-order valence-corrected chi connectivity index (χ1v) is 10.2. The average molecular weight is 407 g/mol. The predicted octanol–water partition coefficient (Wildman–Crippen LogP) is 2.59. The summed E-state index contributed by atoms with van der Waals surface area (Å²) in [7, 11) is 0. The summed E-state index contributed by atoms with van der Waals surface area (Å²) in [4.78, 5) is 24.8. The molecule has 5 heteroatoms. The van der Waals surface area contributed by atoms with Crippen LogP contribution in [0.1, 0.15) is 40.0 Å². The van der Waals surface area contributed by atoms with Crippen LogP contribution in [0.25, 0.3) is 0 Å². The van der Waals surface area contributed by atoms with E-state index in [1.165, 1.54) is 0 Å². The normalized spacial score (nSPS) is 11.0. The minimum atomic E-state index is -0.563. The third-order valence-electron chi connectivity index (χ3n) is 3.00. The molecule has 1 aromatic rings. The number of carbonyl (C=O) groups is 2. The Kier molecular flexibility index (Phi) is 10.4. The van der Waals surface area contributed by atoms with Gasteiger partial charge >= 0.3 is 156 Å². The van der Waals surface area contributed by atoms with Gasteiger partial charge in [-0.1, -0.05) is 0 Å². The fourth-order valence-electron chi connectivity index (χ4n) is 1.82. The van der Waals surface area contributed by atoms with E-state index in [-0.39, 0.29) is 18.8 Å². The molecule has 0 fully saturated rings. The molecule has 0 aliphatic carbocycles. The van der Waals surface area contributed by atoms with Gasteiger partial charge in [-0.05, 0) is 0 Å². The first kappa shape index (κ1) is 21.0. The number of hydrogen-bond acceptors (Lipinski definition) is 4. The number of carbonyl (C=O) groups excluding carboxylic acids is 2. The maximum absolute atomic E-state index is 12.4. The second kappa shape index (κ2) is 12.4. The molecular formula is C20H24O4Se. The molecule has 0 atom stereocenters. The second-order valence-electron chi connectivity index (χ2n) is 4.97. The Balaban J connectivity index is 3.29. The molecule has 25 heavy (non-hydrogen) atoms. The molecule has 0 aromatic heterocycles. The van der Waals surface area contributed by atoms with Crippen LogP contribution in [0.5, 0.6) is 0 Å². The summed E-state index contributed by atoms with van der Waals surface area (Å²) in [5.41, 5.74) is 0.125. The zero-order chi connectivity index (χ0) is 18.5. The Bertz CT molecular complexity index is 653. The molecule has 0 N–H and O–H groups in total. The van der Waals surface area contributed by atoms with Crippen LogP contribution in [-0.2, 0) is 19.1 Å². The molecule has 0 amide bonds. The van der Waals surface area contributed by atoms with Crippen LogP contribution in [0.2, 0.25) is 0 Å². The first-order valence-electron chi connectivity index (χ1n) is 8.44. The van der Waals surface area contributed by atoms with E-state index < -0.39 is 26.9 Å². The molecule has 0 bridgehead atoms. The Labute approximate surface area is 156 Å². The second-order valence-corrected chi connectivity index (χ2v) is 7.24. The van der Waals surface area contributed by atoms with Gasteiger partial charge in [-0.2, -0.15) is 0 Å². The van der Waals surface area contributed by atoms with Crippen LogP contribution in [-0.4, -0.2) is 40.1 Å². The summed E-state index contributed by atoms with van der Waals surface area (Å²) < 4.78 is 11.5. The number of esters is 2. The van der Waals surface area contributed by atoms with E-state index in [9.17, 15) is 9.59 Å². The van der Waals surface area contributed by atoms with Crippen molar-refractivity contribution in [3.05, 3.63) is 40.4 Å². The van der Waals surface area contributed by atoms with Gasteiger partial charge in [0.05, 0.1) is 0 Å². The van der Waals surface area contributed by atoms with Gasteiger partial charge in [0.1, 0.15) is 0 Å². The van der Waals surface area contributed by atoms with Gasteiger partial charge in [-0.15, -0.1) is 0 Å². The Morgan fingerprint density at radius 3 is 2.24 bits per heavy atom. The van der Waals surface area contributed by atoms with Gasteiger partial charge in [-0.3, -0.25) is 0 Å². The van der Waals surface area contributed by atoms with E-state index in [0.717, 1.165) is 17.3 Å². The van der Waals surface area contributed by atoms with E-state index >= 15 is 0 Å². The van der Waals surface area contributed by atoms with E-state index in [4.69, 9.17) is 9.47 Å². The van der Waals surface area contributed by atoms with Crippen molar-refractivity contribution in [1.29, 1.82) is 0 Å². The Hall–Kier alpha value is -2.02. The van der Waals surface area contributed by atoms with Crippen molar-refractivity contribution in [2.45, 2.75) is 40.0 Å². The van der Waals surface area contributed by atoms with Gasteiger partial charge in [0, 0.05) is 0 Å². The van der Waals surface area contributed by atoms with Crippen molar-refractivity contribution >= 4 is 31.4 Å². The predicted molar refractivity (Wildman–Crippen MR) is 99.4 cm³/mol. The van der Waals surface area contributed by atoms with Crippen molar-refractivity contribution in [3.8, 4) is 11.8 Å². The zero-order valence-corrected chi connectivity index (χ0v) is 16.7. The van der Waals surface area contributed by atoms with Gasteiger partial charge in [0.2, 0.25) is 0 Å². The van der Waals surface area contributed by atoms with Crippen LogP contribution in [0.4, 0.5) is 0 Å². The molecule has 0 saturated carbocycles. The molecule has 1 rings (SSSR count). The maximum atomic E-state index is 12.4. The molecule has 134 valence electrons. The summed E-state index contributed by atoms with van der Waals surface area (Å²) in [5, 5.41) is 0. The van der Waals surface area contributed by atoms with E-state index in [2.05, 4.69) is 18.8 Å². The number of rotatable bonds is 8. The first-order chi connectivity index (χ1) is 12.1. The van der Waals surface area contributed by atoms with E-state index in [0.29, 0.717) is 10.9 Å². The molecule has 0 aliphatic heterocycles. The molecule has 0 unspecified atom stereocenters. The molecule has 0 saturated heterocycles. The summed E-state index contributed by atoms with van der Waals surface area (Å²) in [6, 6.07) is 9.55. The standard InChI is InChI=1S/C20H24O4Se/c1-4-7-8-12-15-17(19(21)23-5-2)18(20(22)24-6-3)25-16-13-10-9-11-14-16/h9-11,13-14H,4-8H2,1-3H3/b18-17+. The van der Waals surface area contributed by atoms with Crippen LogP contribution in [0, 0.1) is 11.8 Å². The summed E-state index contributed by atoms with van der Waals surface area (Å²) in [6.07, 6.45) is 2.64. The van der Waals surface area contributed by atoms with Crippen molar-refractivity contribution < 1.29 is 19.1 Å². The fraction of sp³-hybridized carbons (Fsp3) is 0.400. The van der Waals surface area contributed by atoms with Crippen LogP contribution >= 0.6 is 0 Å². The Morgan fingerprint density at radius 1 is 1.00 bits per heavy atom. The third-order valence-corrected chi connectivity index (χ3v) is 5.27. The molecule has 0 radical (unpaired) electrons. The van der Waals surface area contributed by atoms with Crippen molar-refractivity contribution in [2.75, 3.05) is 13.2 Å². The van der Waals surface area contributed by atoms with Crippen LogP contribution < -0.4 is 4.46 Å². The van der Waals surface area contributed by atoms with Crippen molar-refractivity contribution in [1.82, 2.24) is 0 Å². The zero-order valence-electron chi connectivity index (χ0n) is 15.0. The molecular weight excluding hydrogens is 383 g/mol. The van der Waals surface area contributed by atoms with Crippen molar-refractivity contribution in [2.24, 2.45) is 0 Å². The molecule has 1 aromatic carbocycles.